The fraction of sp³-hybridized carbons (Fsp3) is 0.882. The maximum Gasteiger partial charge on any atom is 0.413 e. The number of allylic oxidation sites excluding steroid dienone is 2. The van der Waals surface area contributed by atoms with Crippen molar-refractivity contribution in [1.82, 2.24) is 0 Å². The van der Waals surface area contributed by atoms with Gasteiger partial charge in [-0.1, -0.05) is 13.3 Å². The first-order valence-corrected chi connectivity index (χ1v) is 12.1. The fourth-order valence-corrected chi connectivity index (χ4v) is 3.25. The minimum Gasteiger partial charge on any atom is -0.320 e. The molecular weight excluding hydrogens is 758 g/mol. The predicted octanol–water partition coefficient (Wildman–Crippen LogP) is 9.40. The van der Waals surface area contributed by atoms with Gasteiger partial charge in [0.1, 0.15) is 0 Å². The van der Waals surface area contributed by atoms with E-state index in [0.29, 0.717) is 6.92 Å². The lowest BCUT2D eigenvalue weighted by Crippen LogP contribution is -2.76. The molecule has 0 aliphatic carbocycles. The van der Waals surface area contributed by atoms with Crippen LogP contribution >= 0.6 is 7.60 Å². The summed E-state index contributed by atoms with van der Waals surface area (Å²) in [5.74, 6) is -99.5. The molecule has 1 atom stereocenters. The van der Waals surface area contributed by atoms with Crippen LogP contribution in [0.3, 0.4) is 0 Å². The summed E-state index contributed by atoms with van der Waals surface area (Å²) in [6.45, 7) is 0.698. The molecule has 0 saturated carbocycles. The van der Waals surface area contributed by atoms with E-state index in [0.717, 1.165) is 0 Å². The van der Waals surface area contributed by atoms with Crippen molar-refractivity contribution in [2.24, 2.45) is 0 Å². The van der Waals surface area contributed by atoms with E-state index in [2.05, 4.69) is 0 Å². The van der Waals surface area contributed by atoms with Gasteiger partial charge in [0, 0.05) is 0 Å². The normalized spacial score (nSPS) is 17.7. The Hall–Kier alpha value is -1.86. The third-order valence-corrected chi connectivity index (χ3v) is 6.61. The molecule has 1 unspecified atom stereocenters. The average Bonchev–Trinajstić information content (AvgIpc) is 2.85. The molecule has 46 heavy (non-hydrogen) atoms. The Labute approximate surface area is 235 Å². The molecule has 0 aromatic carbocycles. The van der Waals surface area contributed by atoms with Crippen molar-refractivity contribution in [1.29, 1.82) is 0 Å². The quantitative estimate of drug-likeness (QED) is 0.129. The Morgan fingerprint density at radius 1 is 0.522 bits per heavy atom. The summed E-state index contributed by atoms with van der Waals surface area (Å²) >= 11 is 0. The molecule has 0 bridgehead atoms. The van der Waals surface area contributed by atoms with Crippen LogP contribution in [0.5, 0.6) is 0 Å². The monoisotopic (exact) mass is 768 g/mol. The average molecular weight is 768 g/mol. The van der Waals surface area contributed by atoms with E-state index in [1.807, 2.05) is 0 Å². The highest BCUT2D eigenvalue weighted by atomic mass is 31.2. The third-order valence-electron chi connectivity index (χ3n) is 5.60. The molecule has 0 spiro atoms. The second-order valence-corrected chi connectivity index (χ2v) is 10.4. The number of rotatable bonds is 15. The Kier molecular flexibility index (Phi) is 11.2. The molecule has 2 N–H and O–H groups in total. The smallest absolute Gasteiger partial charge is 0.320 e. The number of halogens is 25. The van der Waals surface area contributed by atoms with Crippen LogP contribution in [0.2, 0.25) is 0 Å². The summed E-state index contributed by atoms with van der Waals surface area (Å²) in [5.41, 5.74) is -8.05. The van der Waals surface area contributed by atoms with Gasteiger partial charge in [0.05, 0.1) is 0 Å². The Morgan fingerprint density at radius 2 is 0.783 bits per heavy atom. The standard InChI is InChI=1S/C17H10F25O3P/c1-2-3-4(18)7(21,22)8(23,24)5(19)6(20)9(25,26)10(27,28)11(29,30)12(31,32)13(33,34)14(35,36)15(37,38)16(39,40)17(41,42)46(43,44)45/h4H,2-3H2,1H3,(H2,43,44,45)/b6-5+. The van der Waals surface area contributed by atoms with Crippen LogP contribution < -0.4 is 0 Å². The zero-order valence-corrected chi connectivity index (χ0v) is 21.6. The molecule has 0 aliphatic heterocycles. The maximum absolute atomic E-state index is 13.8. The van der Waals surface area contributed by atoms with E-state index < -0.39 is 103 Å². The lowest BCUT2D eigenvalue weighted by Gasteiger charge is -2.44. The van der Waals surface area contributed by atoms with Crippen molar-refractivity contribution in [2.45, 2.75) is 90.8 Å². The van der Waals surface area contributed by atoms with Crippen LogP contribution in [0, 0.1) is 0 Å². The van der Waals surface area contributed by atoms with Crippen molar-refractivity contribution in [2.75, 3.05) is 0 Å². The Bertz CT molecular complexity index is 1200. The van der Waals surface area contributed by atoms with Crippen molar-refractivity contribution in [3.63, 3.8) is 0 Å². The van der Waals surface area contributed by atoms with Gasteiger partial charge in [0.25, 0.3) is 0 Å². The summed E-state index contributed by atoms with van der Waals surface area (Å²) in [6, 6.07) is 0. The highest BCUT2D eigenvalue weighted by Gasteiger charge is 2.97. The minimum absolute atomic E-state index is 0.698. The first-order chi connectivity index (χ1) is 19.5. The molecule has 29 heteroatoms. The van der Waals surface area contributed by atoms with Crippen molar-refractivity contribution in [3.05, 3.63) is 11.7 Å². The Balaban J connectivity index is 7.45. The fourth-order valence-electron chi connectivity index (χ4n) is 2.75. The van der Waals surface area contributed by atoms with Crippen LogP contribution in [0.15, 0.2) is 11.7 Å². The molecule has 0 aromatic heterocycles. The lowest BCUT2D eigenvalue weighted by atomic mass is 9.87. The molecule has 3 nitrogen and oxygen atoms in total. The molecule has 0 aliphatic rings. The lowest BCUT2D eigenvalue weighted by molar-refractivity contribution is -0.458. The second-order valence-electron chi connectivity index (χ2n) is 8.76. The molecule has 0 aromatic rings. The summed E-state index contributed by atoms with van der Waals surface area (Å²) in [7, 11) is -8.30. The van der Waals surface area contributed by atoms with Gasteiger partial charge in [-0.3, -0.25) is 4.57 Å². The van der Waals surface area contributed by atoms with E-state index in [1.54, 1.807) is 0 Å². The van der Waals surface area contributed by atoms with Gasteiger partial charge in [-0.2, -0.15) is 96.6 Å². The summed E-state index contributed by atoms with van der Waals surface area (Å²) < 4.78 is 350. The molecule has 0 saturated heterocycles. The van der Waals surface area contributed by atoms with E-state index in [-0.39, 0.29) is 0 Å². The van der Waals surface area contributed by atoms with Gasteiger partial charge < -0.3 is 9.79 Å². The van der Waals surface area contributed by atoms with Crippen LogP contribution in [0.25, 0.3) is 0 Å². The largest absolute Gasteiger partial charge is 0.413 e. The van der Waals surface area contributed by atoms with Gasteiger partial charge in [0.15, 0.2) is 6.17 Å². The molecular formula is C17H10F25O3P. The molecule has 0 amide bonds. The maximum atomic E-state index is 13.8. The van der Waals surface area contributed by atoms with Gasteiger partial charge in [0.2, 0.25) is 11.7 Å². The van der Waals surface area contributed by atoms with Crippen molar-refractivity contribution < 1.29 is 124 Å². The van der Waals surface area contributed by atoms with Crippen LogP contribution in [-0.2, 0) is 4.57 Å². The second kappa shape index (κ2) is 11.6. The van der Waals surface area contributed by atoms with Gasteiger partial charge in [-0.05, 0) is 6.42 Å². The SMILES string of the molecule is CCCC(F)C(F)(F)C(F)(F)/C(F)=C(\F)C(F)(F)C(F)(F)C(F)(F)C(F)(F)C(F)(F)C(F)(F)C(F)(F)C(F)(F)C(F)(F)P(=O)(O)O. The zero-order chi connectivity index (χ0) is 38.1. The number of alkyl halides is 23. The summed E-state index contributed by atoms with van der Waals surface area (Å²) in [6.07, 6.45) is -7.18. The number of hydrogen-bond donors (Lipinski definition) is 2. The highest BCUT2D eigenvalue weighted by molar-refractivity contribution is 7.53. The number of hydrogen-bond acceptors (Lipinski definition) is 1. The zero-order valence-electron chi connectivity index (χ0n) is 20.7. The van der Waals surface area contributed by atoms with E-state index in [9.17, 15) is 114 Å². The molecule has 276 valence electrons. The molecule has 0 heterocycles. The van der Waals surface area contributed by atoms with Gasteiger partial charge in [-0.15, -0.1) is 0 Å². The summed E-state index contributed by atoms with van der Waals surface area (Å²) in [4.78, 5) is 15.9. The van der Waals surface area contributed by atoms with Gasteiger partial charge in [-0.25, -0.2) is 13.2 Å². The van der Waals surface area contributed by atoms with Crippen LogP contribution in [-0.4, -0.2) is 80.8 Å². The molecule has 0 rings (SSSR count). The Morgan fingerprint density at radius 3 is 1.07 bits per heavy atom. The van der Waals surface area contributed by atoms with Crippen molar-refractivity contribution in [3.8, 4) is 0 Å². The highest BCUT2D eigenvalue weighted by Crippen LogP contribution is 2.70. The third kappa shape index (κ3) is 5.57. The minimum atomic E-state index is -9.58. The van der Waals surface area contributed by atoms with E-state index in [4.69, 9.17) is 9.79 Å². The molecule has 0 fully saturated rings. The van der Waals surface area contributed by atoms with E-state index in [1.165, 1.54) is 0 Å². The van der Waals surface area contributed by atoms with Crippen LogP contribution in [0.4, 0.5) is 110 Å². The van der Waals surface area contributed by atoms with Crippen LogP contribution in [0.1, 0.15) is 19.8 Å². The topological polar surface area (TPSA) is 57.5 Å². The first kappa shape index (κ1) is 44.1. The first-order valence-electron chi connectivity index (χ1n) is 10.5. The van der Waals surface area contributed by atoms with Gasteiger partial charge >= 0.3 is 72.5 Å². The summed E-state index contributed by atoms with van der Waals surface area (Å²) in [5, 5.41) is 0. The van der Waals surface area contributed by atoms with Crippen molar-refractivity contribution >= 4 is 7.60 Å². The predicted molar refractivity (Wildman–Crippen MR) is 95.5 cm³/mol. The van der Waals surface area contributed by atoms with E-state index >= 15 is 0 Å². The molecule has 0 radical (unpaired) electrons.